The number of carbonyl (C=O) groups excluding carboxylic acids is 1. The van der Waals surface area contributed by atoms with Gasteiger partial charge in [0, 0.05) is 13.1 Å². The van der Waals surface area contributed by atoms with Crippen LogP contribution in [0.15, 0.2) is 24.3 Å². The first-order chi connectivity index (χ1) is 11.7. The lowest BCUT2D eigenvalue weighted by atomic mass is 9.63. The number of nitrogens with one attached hydrogen (secondary N) is 1. The van der Waals surface area contributed by atoms with Gasteiger partial charge in [-0.25, -0.2) is 0 Å². The van der Waals surface area contributed by atoms with Crippen molar-refractivity contribution in [2.45, 2.75) is 37.5 Å². The summed E-state index contributed by atoms with van der Waals surface area (Å²) < 4.78 is 5.27. The second-order valence-corrected chi connectivity index (χ2v) is 7.71. The molecule has 1 amide bonds. The van der Waals surface area contributed by atoms with Crippen molar-refractivity contribution in [1.82, 2.24) is 10.2 Å². The van der Waals surface area contributed by atoms with Crippen molar-refractivity contribution in [3.8, 4) is 5.75 Å². The van der Waals surface area contributed by atoms with E-state index in [1.165, 1.54) is 5.56 Å². The lowest BCUT2D eigenvalue weighted by Crippen LogP contribution is -2.51. The van der Waals surface area contributed by atoms with Crippen molar-refractivity contribution in [3.63, 3.8) is 0 Å². The number of nitrogens with zero attached hydrogens (tertiary/aromatic N) is 1. The van der Waals surface area contributed by atoms with Gasteiger partial charge < -0.3 is 15.0 Å². The second-order valence-electron chi connectivity index (χ2n) is 7.71. The van der Waals surface area contributed by atoms with E-state index in [9.17, 15) is 4.79 Å². The Morgan fingerprint density at radius 3 is 2.20 bits per heavy atom. The highest BCUT2D eigenvalue weighted by atomic mass is 35.5. The summed E-state index contributed by atoms with van der Waals surface area (Å²) in [6.45, 7) is 4.13. The maximum absolute atomic E-state index is 13.4. The molecule has 0 radical (unpaired) electrons. The fourth-order valence-corrected chi connectivity index (χ4v) is 4.79. The van der Waals surface area contributed by atoms with Gasteiger partial charge in [-0.1, -0.05) is 18.6 Å². The first kappa shape index (κ1) is 18.5. The number of fused-ring (bicyclic) bond motifs is 1. The van der Waals surface area contributed by atoms with Crippen LogP contribution in [-0.4, -0.2) is 44.1 Å². The number of carbonyl (C=O) groups is 1. The number of benzene rings is 1. The van der Waals surface area contributed by atoms with Gasteiger partial charge in [-0.3, -0.25) is 4.79 Å². The minimum Gasteiger partial charge on any atom is -0.497 e. The molecule has 1 saturated carbocycles. The molecule has 0 bridgehead atoms. The van der Waals surface area contributed by atoms with E-state index in [1.54, 1.807) is 7.11 Å². The van der Waals surface area contributed by atoms with Crippen LogP contribution in [0.25, 0.3) is 0 Å². The number of likely N-dealkylation sites (tertiary alicyclic amines) is 1. The Kier molecular flexibility index (Phi) is 5.59. The third kappa shape index (κ3) is 3.26. The number of halogens is 1. The molecule has 2 saturated heterocycles. The summed E-state index contributed by atoms with van der Waals surface area (Å²) in [6.07, 6.45) is 5.44. The molecule has 4 rings (SSSR count). The summed E-state index contributed by atoms with van der Waals surface area (Å²) >= 11 is 0. The zero-order valence-electron chi connectivity index (χ0n) is 15.0. The van der Waals surface area contributed by atoms with E-state index in [0.717, 1.165) is 75.9 Å². The summed E-state index contributed by atoms with van der Waals surface area (Å²) in [5.41, 5.74) is 0.898. The monoisotopic (exact) mass is 364 g/mol. The number of hydrogen-bond acceptors (Lipinski definition) is 3. The molecule has 1 aliphatic carbocycles. The van der Waals surface area contributed by atoms with Gasteiger partial charge in [0.2, 0.25) is 5.91 Å². The van der Waals surface area contributed by atoms with Crippen molar-refractivity contribution >= 4 is 18.3 Å². The number of hydrogen-bond donors (Lipinski definition) is 1. The Labute approximate surface area is 156 Å². The van der Waals surface area contributed by atoms with E-state index in [1.807, 2.05) is 12.1 Å². The number of ether oxygens (including phenoxy) is 1. The third-order valence-electron chi connectivity index (χ3n) is 6.57. The van der Waals surface area contributed by atoms with Crippen molar-refractivity contribution in [2.75, 3.05) is 33.3 Å². The van der Waals surface area contributed by atoms with Crippen LogP contribution in [-0.2, 0) is 10.2 Å². The quantitative estimate of drug-likeness (QED) is 0.896. The molecule has 25 heavy (non-hydrogen) atoms. The molecule has 2 heterocycles. The number of amides is 1. The van der Waals surface area contributed by atoms with E-state index in [0.29, 0.717) is 5.91 Å². The minimum absolute atomic E-state index is 0. The SMILES string of the molecule is COc1ccc(C2(C(=O)N3CC[C@@H]4CNC[C@@H]4CC3)CCC2)cc1.Cl. The Hall–Kier alpha value is -1.26. The topological polar surface area (TPSA) is 41.6 Å². The first-order valence-corrected chi connectivity index (χ1v) is 9.37. The van der Waals surface area contributed by atoms with Gasteiger partial charge in [-0.15, -0.1) is 12.4 Å². The molecule has 138 valence electrons. The van der Waals surface area contributed by atoms with Crippen molar-refractivity contribution < 1.29 is 9.53 Å². The second kappa shape index (κ2) is 7.55. The molecule has 1 aromatic rings. The van der Waals surface area contributed by atoms with Gasteiger partial charge in [0.05, 0.1) is 12.5 Å². The molecular weight excluding hydrogens is 336 g/mol. The predicted molar refractivity (Wildman–Crippen MR) is 101 cm³/mol. The third-order valence-corrected chi connectivity index (χ3v) is 6.57. The fourth-order valence-electron chi connectivity index (χ4n) is 4.79. The van der Waals surface area contributed by atoms with E-state index in [-0.39, 0.29) is 17.8 Å². The Balaban J connectivity index is 0.00000182. The van der Waals surface area contributed by atoms with E-state index >= 15 is 0 Å². The molecule has 0 aromatic heterocycles. The average Bonchev–Trinajstić information content (AvgIpc) is 2.93. The highest BCUT2D eigenvalue weighted by Crippen LogP contribution is 2.46. The zero-order valence-corrected chi connectivity index (χ0v) is 15.8. The summed E-state index contributed by atoms with van der Waals surface area (Å²) in [6, 6.07) is 8.15. The van der Waals surface area contributed by atoms with Crippen LogP contribution < -0.4 is 10.1 Å². The van der Waals surface area contributed by atoms with Gasteiger partial charge >= 0.3 is 0 Å². The van der Waals surface area contributed by atoms with Gasteiger partial charge in [0.25, 0.3) is 0 Å². The molecule has 0 spiro atoms. The van der Waals surface area contributed by atoms with Gasteiger partial charge in [0.1, 0.15) is 5.75 Å². The summed E-state index contributed by atoms with van der Waals surface area (Å²) in [4.78, 5) is 15.6. The fraction of sp³-hybridized carbons (Fsp3) is 0.650. The summed E-state index contributed by atoms with van der Waals surface area (Å²) in [7, 11) is 1.68. The molecule has 2 atom stereocenters. The lowest BCUT2D eigenvalue weighted by molar-refractivity contribution is -0.141. The van der Waals surface area contributed by atoms with Gasteiger partial charge in [-0.2, -0.15) is 0 Å². The smallest absolute Gasteiger partial charge is 0.233 e. The molecule has 4 nitrogen and oxygen atoms in total. The van der Waals surface area contributed by atoms with Crippen molar-refractivity contribution in [3.05, 3.63) is 29.8 Å². The normalized spacial score (nSPS) is 27.5. The van der Waals surface area contributed by atoms with Gasteiger partial charge in [-0.05, 0) is 68.3 Å². The average molecular weight is 365 g/mol. The van der Waals surface area contributed by atoms with Crippen LogP contribution in [0.1, 0.15) is 37.7 Å². The number of methoxy groups -OCH3 is 1. The van der Waals surface area contributed by atoms with E-state index < -0.39 is 0 Å². The molecule has 0 unspecified atom stereocenters. The summed E-state index contributed by atoms with van der Waals surface area (Å²) in [5, 5.41) is 3.51. The van der Waals surface area contributed by atoms with E-state index in [4.69, 9.17) is 4.74 Å². The van der Waals surface area contributed by atoms with Crippen molar-refractivity contribution in [1.29, 1.82) is 0 Å². The number of rotatable bonds is 3. The molecule has 1 aromatic carbocycles. The Morgan fingerprint density at radius 1 is 1.12 bits per heavy atom. The molecule has 2 aliphatic heterocycles. The van der Waals surface area contributed by atoms with Crippen LogP contribution >= 0.6 is 12.4 Å². The molecule has 3 aliphatic rings. The maximum atomic E-state index is 13.4. The highest BCUT2D eigenvalue weighted by Gasteiger charge is 2.48. The standard InChI is InChI=1S/C20H28N2O2.ClH/c1-24-18-5-3-17(4-6-18)20(9-2-10-20)19(23)22-11-7-15-13-21-14-16(15)8-12-22;/h3-6,15-16,21H,2,7-14H2,1H3;1H/t15-,16+;. The maximum Gasteiger partial charge on any atom is 0.233 e. The predicted octanol–water partition coefficient (Wildman–Crippen LogP) is 3.00. The largest absolute Gasteiger partial charge is 0.497 e. The Morgan fingerprint density at radius 2 is 1.72 bits per heavy atom. The molecule has 1 N–H and O–H groups in total. The van der Waals surface area contributed by atoms with Crippen LogP contribution in [0.3, 0.4) is 0 Å². The van der Waals surface area contributed by atoms with Gasteiger partial charge in [0.15, 0.2) is 0 Å². The Bertz CT molecular complexity index is 586. The molecule has 5 heteroatoms. The molecular formula is C20H29ClN2O2. The molecule has 3 fully saturated rings. The zero-order chi connectivity index (χ0) is 16.6. The van der Waals surface area contributed by atoms with Crippen LogP contribution in [0.2, 0.25) is 0 Å². The van der Waals surface area contributed by atoms with Crippen LogP contribution in [0, 0.1) is 11.8 Å². The van der Waals surface area contributed by atoms with Crippen molar-refractivity contribution in [2.24, 2.45) is 11.8 Å². The lowest BCUT2D eigenvalue weighted by Gasteiger charge is -2.44. The minimum atomic E-state index is -0.274. The summed E-state index contributed by atoms with van der Waals surface area (Å²) in [5.74, 6) is 2.75. The highest BCUT2D eigenvalue weighted by molar-refractivity contribution is 5.89. The van der Waals surface area contributed by atoms with Crippen LogP contribution in [0.4, 0.5) is 0 Å². The first-order valence-electron chi connectivity index (χ1n) is 9.37. The van der Waals surface area contributed by atoms with Crippen LogP contribution in [0.5, 0.6) is 5.75 Å². The van der Waals surface area contributed by atoms with E-state index in [2.05, 4.69) is 22.3 Å².